The molecule has 3 amide bonds. The van der Waals surface area contributed by atoms with E-state index in [0.717, 1.165) is 16.8 Å². The van der Waals surface area contributed by atoms with E-state index in [2.05, 4.69) is 20.6 Å². The van der Waals surface area contributed by atoms with Gasteiger partial charge in [0.15, 0.2) is 0 Å². The van der Waals surface area contributed by atoms with Crippen LogP contribution in [-0.4, -0.2) is 70.3 Å². The van der Waals surface area contributed by atoms with Crippen molar-refractivity contribution in [3.05, 3.63) is 60.9 Å². The lowest BCUT2D eigenvalue weighted by Crippen LogP contribution is -2.58. The third-order valence-electron chi connectivity index (χ3n) is 5.99. The number of hydrogen-bond donors (Lipinski definition) is 2. The van der Waals surface area contributed by atoms with Crippen LogP contribution in [0.25, 0.3) is 11.1 Å². The van der Waals surface area contributed by atoms with Crippen molar-refractivity contribution >= 4 is 23.3 Å². The van der Waals surface area contributed by atoms with Gasteiger partial charge in [-0.15, -0.1) is 0 Å². The number of urea groups is 1. The maximum absolute atomic E-state index is 12.8. The molecule has 9 heteroatoms. The van der Waals surface area contributed by atoms with Crippen molar-refractivity contribution in [3.63, 3.8) is 0 Å². The summed E-state index contributed by atoms with van der Waals surface area (Å²) >= 11 is 0. The van der Waals surface area contributed by atoms with Crippen molar-refractivity contribution in [1.82, 2.24) is 19.6 Å². The molecule has 1 saturated heterocycles. The number of piperazine rings is 1. The fraction of sp³-hybridized carbons (Fsp3) is 0.292. The van der Waals surface area contributed by atoms with Crippen molar-refractivity contribution < 1.29 is 14.3 Å². The number of aryl methyl sites for hydroxylation is 1. The third kappa shape index (κ3) is 4.68. The van der Waals surface area contributed by atoms with Crippen LogP contribution in [-0.2, 0) is 11.8 Å². The number of anilines is 2. The molecule has 0 unspecified atom stereocenters. The number of para-hydroxylation sites is 1. The molecule has 0 bridgehead atoms. The van der Waals surface area contributed by atoms with Gasteiger partial charge in [-0.1, -0.05) is 24.3 Å². The van der Waals surface area contributed by atoms with Crippen LogP contribution in [0.2, 0.25) is 0 Å². The lowest BCUT2D eigenvalue weighted by Gasteiger charge is -2.40. The average Bonchev–Trinajstić information content (AvgIpc) is 3.27. The van der Waals surface area contributed by atoms with E-state index in [-0.39, 0.29) is 24.5 Å². The maximum Gasteiger partial charge on any atom is 0.321 e. The largest absolute Gasteiger partial charge is 0.490 e. The Hall–Kier alpha value is -3.85. The number of hydrogen-bond acceptors (Lipinski definition) is 5. The molecule has 3 aromatic rings. The number of carbonyl (C=O) groups excluding carboxylic acids is 2. The molecule has 2 aromatic carbocycles. The molecule has 5 rings (SSSR count). The first-order chi connectivity index (χ1) is 16.0. The van der Waals surface area contributed by atoms with Gasteiger partial charge in [-0.25, -0.2) is 4.79 Å². The number of fused-ring (bicyclic) bond motifs is 2. The second-order valence-electron chi connectivity index (χ2n) is 8.34. The Kier molecular flexibility index (Phi) is 5.70. The number of nitrogens with one attached hydrogen (secondary N) is 2. The van der Waals surface area contributed by atoms with Crippen LogP contribution in [0.15, 0.2) is 60.9 Å². The van der Waals surface area contributed by atoms with Gasteiger partial charge in [-0.3, -0.25) is 14.4 Å². The predicted octanol–water partition coefficient (Wildman–Crippen LogP) is 2.64. The average molecular weight is 447 g/mol. The zero-order valence-electron chi connectivity index (χ0n) is 18.4. The molecule has 0 spiro atoms. The highest BCUT2D eigenvalue weighted by Crippen LogP contribution is 2.32. The molecular weight excluding hydrogens is 420 g/mol. The molecule has 0 aliphatic carbocycles. The van der Waals surface area contributed by atoms with Crippen molar-refractivity contribution in [1.29, 1.82) is 0 Å². The highest BCUT2D eigenvalue weighted by atomic mass is 16.5. The van der Waals surface area contributed by atoms with E-state index in [1.807, 2.05) is 61.8 Å². The minimum absolute atomic E-state index is 0.0880. The van der Waals surface area contributed by atoms with Gasteiger partial charge in [-0.2, -0.15) is 5.10 Å². The van der Waals surface area contributed by atoms with Gasteiger partial charge >= 0.3 is 6.03 Å². The van der Waals surface area contributed by atoms with E-state index < -0.39 is 0 Å². The molecule has 2 aliphatic heterocycles. The molecule has 1 aromatic heterocycles. The van der Waals surface area contributed by atoms with E-state index in [4.69, 9.17) is 4.74 Å². The first-order valence-corrected chi connectivity index (χ1v) is 11.0. The standard InChI is InChI=1S/C24H26N6O3/c1-28-13-18(12-25-28)17-7-8-22-21(11-17)27-23(31)15-29-9-10-30(14-20(29)16-33-22)24(32)26-19-5-3-2-4-6-19/h2-8,11-13,20H,9-10,14-16H2,1H3,(H,26,32)(H,27,31)/t20-/m0/s1. The van der Waals surface area contributed by atoms with Crippen LogP contribution < -0.4 is 15.4 Å². The summed E-state index contributed by atoms with van der Waals surface area (Å²) in [4.78, 5) is 29.4. The molecule has 0 radical (unpaired) electrons. The van der Waals surface area contributed by atoms with E-state index in [9.17, 15) is 9.59 Å². The quantitative estimate of drug-likeness (QED) is 0.632. The zero-order chi connectivity index (χ0) is 22.8. The number of aromatic nitrogens is 2. The molecule has 170 valence electrons. The Balaban J connectivity index is 1.31. The SMILES string of the molecule is Cn1cc(-c2ccc3c(c2)NC(=O)CN2CCN(C(=O)Nc4ccccc4)C[C@H]2CO3)cn1. The number of amides is 3. The summed E-state index contributed by atoms with van der Waals surface area (Å²) in [6.45, 7) is 2.25. The Morgan fingerprint density at radius 3 is 2.79 bits per heavy atom. The summed E-state index contributed by atoms with van der Waals surface area (Å²) in [6, 6.07) is 14.9. The molecule has 0 saturated carbocycles. The van der Waals surface area contributed by atoms with Gasteiger partial charge in [-0.05, 0) is 29.8 Å². The van der Waals surface area contributed by atoms with Crippen LogP contribution in [0.3, 0.4) is 0 Å². The number of carbonyl (C=O) groups is 2. The third-order valence-corrected chi connectivity index (χ3v) is 5.99. The minimum atomic E-state index is -0.147. The second-order valence-corrected chi connectivity index (χ2v) is 8.34. The Bertz CT molecular complexity index is 1160. The van der Waals surface area contributed by atoms with Crippen LogP contribution in [0.4, 0.5) is 16.2 Å². The summed E-state index contributed by atoms with van der Waals surface area (Å²) in [7, 11) is 1.87. The molecule has 9 nitrogen and oxygen atoms in total. The van der Waals surface area contributed by atoms with E-state index in [1.165, 1.54) is 0 Å². The Morgan fingerprint density at radius 2 is 2.00 bits per heavy atom. The molecule has 2 N–H and O–H groups in total. The molecular formula is C24H26N6O3. The van der Waals surface area contributed by atoms with Crippen LogP contribution in [0.1, 0.15) is 0 Å². The molecule has 2 aliphatic rings. The fourth-order valence-corrected chi connectivity index (χ4v) is 4.23. The van der Waals surface area contributed by atoms with E-state index >= 15 is 0 Å². The topological polar surface area (TPSA) is 91.7 Å². The molecule has 3 heterocycles. The summed E-state index contributed by atoms with van der Waals surface area (Å²) in [5.41, 5.74) is 3.31. The van der Waals surface area contributed by atoms with Crippen LogP contribution >= 0.6 is 0 Å². The first-order valence-electron chi connectivity index (χ1n) is 11.0. The Morgan fingerprint density at radius 1 is 1.15 bits per heavy atom. The van der Waals surface area contributed by atoms with Crippen molar-refractivity contribution in [2.75, 3.05) is 43.4 Å². The van der Waals surface area contributed by atoms with Gasteiger partial charge in [0.1, 0.15) is 12.4 Å². The maximum atomic E-state index is 12.8. The fourth-order valence-electron chi connectivity index (χ4n) is 4.23. The minimum Gasteiger partial charge on any atom is -0.490 e. The molecule has 1 atom stereocenters. The first kappa shape index (κ1) is 21.0. The smallest absolute Gasteiger partial charge is 0.321 e. The summed E-state index contributed by atoms with van der Waals surface area (Å²) in [5, 5.41) is 10.1. The van der Waals surface area contributed by atoms with Gasteiger partial charge in [0.25, 0.3) is 0 Å². The van der Waals surface area contributed by atoms with E-state index in [0.29, 0.717) is 37.7 Å². The number of nitrogens with zero attached hydrogens (tertiary/aromatic N) is 4. The van der Waals surface area contributed by atoms with Crippen LogP contribution in [0.5, 0.6) is 5.75 Å². The molecule has 1 fully saturated rings. The lowest BCUT2D eigenvalue weighted by atomic mass is 10.1. The number of benzene rings is 2. The zero-order valence-corrected chi connectivity index (χ0v) is 18.4. The normalized spacial score (nSPS) is 18.6. The highest BCUT2D eigenvalue weighted by Gasteiger charge is 2.32. The monoisotopic (exact) mass is 446 g/mol. The number of rotatable bonds is 2. The summed E-state index contributed by atoms with van der Waals surface area (Å²) < 4.78 is 7.87. The van der Waals surface area contributed by atoms with E-state index in [1.54, 1.807) is 15.8 Å². The van der Waals surface area contributed by atoms with Gasteiger partial charge in [0.05, 0.1) is 24.5 Å². The van der Waals surface area contributed by atoms with Gasteiger partial charge in [0, 0.05) is 44.1 Å². The van der Waals surface area contributed by atoms with Crippen LogP contribution in [0, 0.1) is 0 Å². The summed E-state index contributed by atoms with van der Waals surface area (Å²) in [5.74, 6) is 0.515. The lowest BCUT2D eigenvalue weighted by molar-refractivity contribution is -0.118. The summed E-state index contributed by atoms with van der Waals surface area (Å²) in [6.07, 6.45) is 3.71. The van der Waals surface area contributed by atoms with Gasteiger partial charge in [0.2, 0.25) is 5.91 Å². The predicted molar refractivity (Wildman–Crippen MR) is 125 cm³/mol. The van der Waals surface area contributed by atoms with Crippen molar-refractivity contribution in [2.45, 2.75) is 6.04 Å². The van der Waals surface area contributed by atoms with Crippen molar-refractivity contribution in [3.8, 4) is 16.9 Å². The Labute approximate surface area is 191 Å². The second kappa shape index (κ2) is 8.95. The molecule has 33 heavy (non-hydrogen) atoms. The highest BCUT2D eigenvalue weighted by molar-refractivity contribution is 5.95. The van der Waals surface area contributed by atoms with Gasteiger partial charge < -0.3 is 20.3 Å². The number of ether oxygens (including phenoxy) is 1. The van der Waals surface area contributed by atoms with Crippen molar-refractivity contribution in [2.24, 2.45) is 7.05 Å².